The van der Waals surface area contributed by atoms with Gasteiger partial charge in [-0.1, -0.05) is 12.1 Å². The van der Waals surface area contributed by atoms with Crippen LogP contribution in [0.25, 0.3) is 5.69 Å². The standard InChI is InChI=1S/C23H21NO6/c1-14-10-18(15(2)24(14)16-8-9-21-22(11-16)30-13-29-21)19(25)12-28-23(26)17-6-4-5-7-20(17)27-3/h4-11H,12-13H2,1-3H3. The fraction of sp³-hybridized carbons (Fsp3) is 0.217. The topological polar surface area (TPSA) is 76.0 Å². The summed E-state index contributed by atoms with van der Waals surface area (Å²) in [6.07, 6.45) is 0. The number of aromatic nitrogens is 1. The number of hydrogen-bond donors (Lipinski definition) is 0. The number of hydrogen-bond acceptors (Lipinski definition) is 6. The summed E-state index contributed by atoms with van der Waals surface area (Å²) < 4.78 is 23.2. The minimum atomic E-state index is -0.606. The van der Waals surface area contributed by atoms with Gasteiger partial charge in [-0.2, -0.15) is 0 Å². The van der Waals surface area contributed by atoms with E-state index in [9.17, 15) is 9.59 Å². The molecule has 1 aromatic heterocycles. The van der Waals surface area contributed by atoms with Gasteiger partial charge < -0.3 is 23.5 Å². The highest BCUT2D eigenvalue weighted by molar-refractivity contribution is 6.01. The van der Waals surface area contributed by atoms with Crippen LogP contribution in [0.15, 0.2) is 48.5 Å². The molecule has 0 atom stereocenters. The average molecular weight is 407 g/mol. The van der Waals surface area contributed by atoms with E-state index in [4.69, 9.17) is 18.9 Å². The zero-order valence-corrected chi connectivity index (χ0v) is 16.9. The molecule has 2 aromatic carbocycles. The van der Waals surface area contributed by atoms with Crippen LogP contribution in [0.5, 0.6) is 17.2 Å². The Kier molecular flexibility index (Phi) is 5.18. The highest BCUT2D eigenvalue weighted by Gasteiger charge is 2.21. The predicted octanol–water partition coefficient (Wildman–Crippen LogP) is 3.87. The van der Waals surface area contributed by atoms with E-state index in [1.165, 1.54) is 7.11 Å². The molecule has 0 aliphatic carbocycles. The Morgan fingerprint density at radius 2 is 1.77 bits per heavy atom. The molecule has 0 radical (unpaired) electrons. The highest BCUT2D eigenvalue weighted by Crippen LogP contribution is 2.35. The summed E-state index contributed by atoms with van der Waals surface area (Å²) in [5.74, 6) is 0.874. The van der Waals surface area contributed by atoms with Crippen LogP contribution >= 0.6 is 0 Å². The first-order valence-electron chi connectivity index (χ1n) is 9.42. The first kappa shape index (κ1) is 19.6. The van der Waals surface area contributed by atoms with Crippen LogP contribution in [-0.2, 0) is 4.74 Å². The third-order valence-corrected chi connectivity index (χ3v) is 5.01. The number of carbonyl (C=O) groups is 2. The minimum absolute atomic E-state index is 0.198. The van der Waals surface area contributed by atoms with Gasteiger partial charge in [0.2, 0.25) is 12.6 Å². The van der Waals surface area contributed by atoms with Crippen LogP contribution in [0, 0.1) is 13.8 Å². The zero-order chi connectivity index (χ0) is 21.3. The first-order valence-corrected chi connectivity index (χ1v) is 9.42. The van der Waals surface area contributed by atoms with Gasteiger partial charge in [0.05, 0.1) is 7.11 Å². The number of carbonyl (C=O) groups excluding carboxylic acids is 2. The van der Waals surface area contributed by atoms with Crippen LogP contribution in [0.1, 0.15) is 32.1 Å². The molecule has 0 saturated carbocycles. The summed E-state index contributed by atoms with van der Waals surface area (Å²) in [4.78, 5) is 25.1. The number of esters is 1. The van der Waals surface area contributed by atoms with Gasteiger partial charge in [0.25, 0.3) is 0 Å². The molecule has 30 heavy (non-hydrogen) atoms. The van der Waals surface area contributed by atoms with Gasteiger partial charge in [-0.25, -0.2) is 4.79 Å². The van der Waals surface area contributed by atoms with Crippen molar-refractivity contribution in [1.82, 2.24) is 4.57 Å². The van der Waals surface area contributed by atoms with Gasteiger partial charge in [-0.3, -0.25) is 4.79 Å². The van der Waals surface area contributed by atoms with Crippen LogP contribution in [-0.4, -0.2) is 36.8 Å². The number of ketones is 1. The molecular formula is C23H21NO6. The number of fused-ring (bicyclic) bond motifs is 1. The largest absolute Gasteiger partial charge is 0.496 e. The van der Waals surface area contributed by atoms with E-state index in [-0.39, 0.29) is 24.7 Å². The Morgan fingerprint density at radius 3 is 2.57 bits per heavy atom. The Balaban J connectivity index is 1.53. The number of benzene rings is 2. The monoisotopic (exact) mass is 407 g/mol. The molecule has 1 aliphatic heterocycles. The maximum absolute atomic E-state index is 12.8. The van der Waals surface area contributed by atoms with Gasteiger partial charge in [-0.05, 0) is 44.2 Å². The maximum Gasteiger partial charge on any atom is 0.342 e. The van der Waals surface area contributed by atoms with E-state index in [1.54, 1.807) is 30.3 Å². The van der Waals surface area contributed by atoms with Crippen molar-refractivity contribution in [2.45, 2.75) is 13.8 Å². The summed E-state index contributed by atoms with van der Waals surface area (Å²) in [5.41, 5.74) is 3.27. The van der Waals surface area contributed by atoms with Crippen molar-refractivity contribution in [3.63, 3.8) is 0 Å². The number of methoxy groups -OCH3 is 1. The molecule has 0 fully saturated rings. The second-order valence-corrected chi connectivity index (χ2v) is 6.86. The Bertz CT molecular complexity index is 1130. The SMILES string of the molecule is COc1ccccc1C(=O)OCC(=O)c1cc(C)n(-c2ccc3c(c2)OCO3)c1C. The lowest BCUT2D eigenvalue weighted by atomic mass is 10.1. The normalized spacial score (nSPS) is 12.0. The van der Waals surface area contributed by atoms with Crippen LogP contribution < -0.4 is 14.2 Å². The Morgan fingerprint density at radius 1 is 1.00 bits per heavy atom. The molecule has 0 spiro atoms. The number of nitrogens with zero attached hydrogens (tertiary/aromatic N) is 1. The van der Waals surface area contributed by atoms with Gasteiger partial charge in [0.15, 0.2) is 18.1 Å². The fourth-order valence-corrected chi connectivity index (χ4v) is 3.57. The lowest BCUT2D eigenvalue weighted by molar-refractivity contribution is 0.0471. The summed E-state index contributed by atoms with van der Waals surface area (Å²) in [7, 11) is 1.47. The predicted molar refractivity (Wildman–Crippen MR) is 109 cm³/mol. The highest BCUT2D eigenvalue weighted by atomic mass is 16.7. The third-order valence-electron chi connectivity index (χ3n) is 5.01. The van der Waals surface area contributed by atoms with E-state index >= 15 is 0 Å². The second kappa shape index (κ2) is 7.94. The lowest BCUT2D eigenvalue weighted by Crippen LogP contribution is -2.15. The van der Waals surface area contributed by atoms with Crippen molar-refractivity contribution in [3.05, 3.63) is 71.0 Å². The van der Waals surface area contributed by atoms with E-state index in [2.05, 4.69) is 0 Å². The second-order valence-electron chi connectivity index (χ2n) is 6.86. The van der Waals surface area contributed by atoms with E-state index in [0.717, 1.165) is 17.1 Å². The zero-order valence-electron chi connectivity index (χ0n) is 16.9. The Labute approximate surface area is 173 Å². The molecule has 0 saturated heterocycles. The molecule has 4 rings (SSSR count). The number of aryl methyl sites for hydroxylation is 1. The van der Waals surface area contributed by atoms with Crippen LogP contribution in [0.4, 0.5) is 0 Å². The Hall–Kier alpha value is -3.74. The quantitative estimate of drug-likeness (QED) is 0.456. The van der Waals surface area contributed by atoms with Crippen molar-refractivity contribution in [2.75, 3.05) is 20.5 Å². The fourth-order valence-electron chi connectivity index (χ4n) is 3.57. The number of rotatable bonds is 6. The van der Waals surface area contributed by atoms with Crippen LogP contribution in [0.3, 0.4) is 0 Å². The summed E-state index contributed by atoms with van der Waals surface area (Å²) in [5, 5.41) is 0. The molecule has 2 heterocycles. The van der Waals surface area contributed by atoms with Crippen molar-refractivity contribution in [2.24, 2.45) is 0 Å². The molecule has 0 N–H and O–H groups in total. The van der Waals surface area contributed by atoms with Crippen molar-refractivity contribution < 1.29 is 28.5 Å². The van der Waals surface area contributed by atoms with E-state index < -0.39 is 5.97 Å². The van der Waals surface area contributed by atoms with Crippen molar-refractivity contribution in [3.8, 4) is 22.9 Å². The van der Waals surface area contributed by atoms with E-state index in [0.29, 0.717) is 22.8 Å². The summed E-state index contributed by atoms with van der Waals surface area (Å²) in [6.45, 7) is 3.61. The first-order chi connectivity index (χ1) is 14.5. The molecule has 0 unspecified atom stereocenters. The minimum Gasteiger partial charge on any atom is -0.496 e. The van der Waals surface area contributed by atoms with Gasteiger partial charge in [-0.15, -0.1) is 0 Å². The van der Waals surface area contributed by atoms with Gasteiger partial charge >= 0.3 is 5.97 Å². The lowest BCUT2D eigenvalue weighted by Gasteiger charge is -2.11. The molecule has 1 aliphatic rings. The molecule has 154 valence electrons. The van der Waals surface area contributed by atoms with Gasteiger partial charge in [0, 0.05) is 28.7 Å². The average Bonchev–Trinajstić information content (AvgIpc) is 3.34. The smallest absolute Gasteiger partial charge is 0.342 e. The molecular weight excluding hydrogens is 386 g/mol. The number of para-hydroxylation sites is 1. The maximum atomic E-state index is 12.8. The van der Waals surface area contributed by atoms with Gasteiger partial charge in [0.1, 0.15) is 11.3 Å². The number of Topliss-reactive ketones (excluding diaryl/α,β-unsaturated/α-hetero) is 1. The summed E-state index contributed by atoms with van der Waals surface area (Å²) >= 11 is 0. The third kappa shape index (κ3) is 3.50. The molecule has 0 amide bonds. The van der Waals surface area contributed by atoms with Crippen molar-refractivity contribution >= 4 is 11.8 Å². The summed E-state index contributed by atoms with van der Waals surface area (Å²) in [6, 6.07) is 14.1. The molecule has 3 aromatic rings. The van der Waals surface area contributed by atoms with Crippen LogP contribution in [0.2, 0.25) is 0 Å². The van der Waals surface area contributed by atoms with Crippen molar-refractivity contribution in [1.29, 1.82) is 0 Å². The molecule has 7 nitrogen and oxygen atoms in total. The number of ether oxygens (including phenoxy) is 4. The molecule has 7 heteroatoms. The van der Waals surface area contributed by atoms with E-state index in [1.807, 2.05) is 36.6 Å². The molecule has 0 bridgehead atoms.